The Bertz CT molecular complexity index is 865. The van der Waals surface area contributed by atoms with E-state index in [9.17, 15) is 4.79 Å². The van der Waals surface area contributed by atoms with Gasteiger partial charge in [0.05, 0.1) is 12.1 Å². The summed E-state index contributed by atoms with van der Waals surface area (Å²) in [7, 11) is 1.74. The lowest BCUT2D eigenvalue weighted by molar-refractivity contribution is 0.0952. The molecule has 7 heteroatoms. The van der Waals surface area contributed by atoms with E-state index in [0.29, 0.717) is 17.9 Å². The van der Waals surface area contributed by atoms with E-state index in [1.807, 2.05) is 42.5 Å². The number of hydrogen-bond donors (Lipinski definition) is 3. The third-order valence-corrected chi connectivity index (χ3v) is 4.41. The number of pyridine rings is 1. The van der Waals surface area contributed by atoms with E-state index in [-0.39, 0.29) is 11.7 Å². The van der Waals surface area contributed by atoms with Crippen LogP contribution in [0.15, 0.2) is 54.6 Å². The number of carbonyl (C=O) groups excluding carboxylic acids is 1. The van der Waals surface area contributed by atoms with Crippen molar-refractivity contribution in [2.24, 2.45) is 0 Å². The summed E-state index contributed by atoms with van der Waals surface area (Å²) < 4.78 is 5.76. The van der Waals surface area contributed by atoms with Gasteiger partial charge in [0.2, 0.25) is 0 Å². The molecule has 0 aliphatic rings. The molecule has 0 radical (unpaired) electrons. The fourth-order valence-electron chi connectivity index (χ4n) is 2.18. The van der Waals surface area contributed by atoms with Crippen LogP contribution in [0.25, 0.3) is 0 Å². The van der Waals surface area contributed by atoms with E-state index in [1.54, 1.807) is 19.2 Å². The maximum Gasteiger partial charge on any atom is 0.255 e. The first-order valence-corrected chi connectivity index (χ1v) is 8.51. The van der Waals surface area contributed by atoms with Gasteiger partial charge in [0, 0.05) is 11.9 Å². The predicted molar refractivity (Wildman–Crippen MR) is 100 cm³/mol. The zero-order valence-corrected chi connectivity index (χ0v) is 14.5. The minimum atomic E-state index is -0.258. The quantitative estimate of drug-likeness (QED) is 0.630. The molecule has 1 aromatic carbocycles. The summed E-state index contributed by atoms with van der Waals surface area (Å²) in [6.45, 7) is 0.398. The molecule has 3 rings (SSSR count). The van der Waals surface area contributed by atoms with Crippen molar-refractivity contribution < 1.29 is 9.53 Å². The number of rotatable bonds is 6. The van der Waals surface area contributed by atoms with E-state index in [4.69, 9.17) is 10.5 Å². The van der Waals surface area contributed by atoms with Crippen LogP contribution in [-0.2, 0) is 6.54 Å². The first kappa shape index (κ1) is 16.8. The Morgan fingerprint density at radius 3 is 2.68 bits per heavy atom. The van der Waals surface area contributed by atoms with Crippen molar-refractivity contribution in [1.29, 1.82) is 0 Å². The molecule has 0 atom stereocenters. The highest BCUT2D eigenvalue weighted by atomic mass is 32.1. The second kappa shape index (κ2) is 7.67. The van der Waals surface area contributed by atoms with Gasteiger partial charge in [-0.25, -0.2) is 4.98 Å². The van der Waals surface area contributed by atoms with E-state index in [0.717, 1.165) is 15.7 Å². The van der Waals surface area contributed by atoms with Crippen molar-refractivity contribution in [3.8, 4) is 10.8 Å². The molecule has 25 heavy (non-hydrogen) atoms. The van der Waals surface area contributed by atoms with Gasteiger partial charge in [-0.15, -0.1) is 11.3 Å². The summed E-state index contributed by atoms with van der Waals surface area (Å²) in [6, 6.07) is 16.7. The maximum atomic E-state index is 12.3. The van der Waals surface area contributed by atoms with Gasteiger partial charge < -0.3 is 21.1 Å². The van der Waals surface area contributed by atoms with Crippen LogP contribution >= 0.6 is 11.3 Å². The summed E-state index contributed by atoms with van der Waals surface area (Å²) in [5.74, 6) is 1.34. The number of amides is 1. The molecule has 0 aliphatic carbocycles. The minimum absolute atomic E-state index is 0.198. The van der Waals surface area contributed by atoms with Crippen LogP contribution in [0.3, 0.4) is 0 Å². The third kappa shape index (κ3) is 4.27. The molecule has 3 aromatic rings. The second-order valence-electron chi connectivity index (χ2n) is 5.20. The zero-order chi connectivity index (χ0) is 17.6. The van der Waals surface area contributed by atoms with Gasteiger partial charge in [0.1, 0.15) is 17.4 Å². The van der Waals surface area contributed by atoms with Crippen LogP contribution in [0.2, 0.25) is 0 Å². The lowest BCUT2D eigenvalue weighted by Crippen LogP contribution is -2.23. The topological polar surface area (TPSA) is 89.3 Å². The largest absolute Gasteiger partial charge is 0.447 e. The smallest absolute Gasteiger partial charge is 0.255 e. The number of nitrogens with one attached hydrogen (secondary N) is 2. The third-order valence-electron chi connectivity index (χ3n) is 3.45. The van der Waals surface area contributed by atoms with Crippen molar-refractivity contribution in [3.05, 3.63) is 65.0 Å². The number of nitrogens with two attached hydrogens (primary N) is 1. The zero-order valence-electron chi connectivity index (χ0n) is 13.7. The lowest BCUT2D eigenvalue weighted by Gasteiger charge is -2.07. The molecular weight excluding hydrogens is 336 g/mol. The Balaban J connectivity index is 1.59. The molecule has 6 nitrogen and oxygen atoms in total. The number of thiophene rings is 1. The SMILES string of the molecule is CNc1ccc(C(=O)NCc2ccc(Oc3ccccc3)s2)c(N)n1. The number of nitrogen functional groups attached to an aromatic ring is 1. The molecule has 0 saturated heterocycles. The first-order chi connectivity index (χ1) is 12.2. The van der Waals surface area contributed by atoms with Gasteiger partial charge in [-0.1, -0.05) is 18.2 Å². The standard InChI is InChI=1S/C18H18N4O2S/c1-20-15-9-8-14(17(19)22-15)18(23)21-11-13-7-10-16(25-13)24-12-5-3-2-4-6-12/h2-10H,11H2,1H3,(H,21,23)(H3,19,20,22). The van der Waals surface area contributed by atoms with Gasteiger partial charge in [-0.2, -0.15) is 0 Å². The number of nitrogens with zero attached hydrogens (tertiary/aromatic N) is 1. The Morgan fingerprint density at radius 2 is 1.96 bits per heavy atom. The molecule has 128 valence electrons. The molecule has 0 spiro atoms. The molecule has 0 aliphatic heterocycles. The van der Waals surface area contributed by atoms with E-state index in [2.05, 4.69) is 15.6 Å². The Labute approximate surface area is 149 Å². The monoisotopic (exact) mass is 354 g/mol. The molecule has 1 amide bonds. The second-order valence-corrected chi connectivity index (χ2v) is 6.33. The Morgan fingerprint density at radius 1 is 1.16 bits per heavy atom. The van der Waals surface area contributed by atoms with E-state index in [1.165, 1.54) is 11.3 Å². The number of carbonyl (C=O) groups is 1. The summed E-state index contributed by atoms with van der Waals surface area (Å²) in [6.07, 6.45) is 0. The Hall–Kier alpha value is -3.06. The molecule has 0 saturated carbocycles. The van der Waals surface area contributed by atoms with Crippen LogP contribution in [0, 0.1) is 0 Å². The molecule has 0 unspecified atom stereocenters. The molecular formula is C18H18N4O2S. The summed E-state index contributed by atoms with van der Waals surface area (Å²) in [5, 5.41) is 6.50. The van der Waals surface area contributed by atoms with Crippen molar-refractivity contribution in [2.75, 3.05) is 18.1 Å². The van der Waals surface area contributed by atoms with Gasteiger partial charge in [0.15, 0.2) is 5.06 Å². The van der Waals surface area contributed by atoms with Crippen molar-refractivity contribution in [1.82, 2.24) is 10.3 Å². The van der Waals surface area contributed by atoms with Gasteiger partial charge >= 0.3 is 0 Å². The first-order valence-electron chi connectivity index (χ1n) is 7.70. The molecule has 4 N–H and O–H groups in total. The summed E-state index contributed by atoms with van der Waals surface area (Å²) in [4.78, 5) is 17.3. The van der Waals surface area contributed by atoms with E-state index >= 15 is 0 Å². The minimum Gasteiger partial charge on any atom is -0.447 e. The van der Waals surface area contributed by atoms with Crippen molar-refractivity contribution in [2.45, 2.75) is 6.54 Å². The number of hydrogen-bond acceptors (Lipinski definition) is 6. The summed E-state index contributed by atoms with van der Waals surface area (Å²) in [5.41, 5.74) is 6.19. The van der Waals surface area contributed by atoms with Crippen molar-refractivity contribution >= 4 is 28.9 Å². The van der Waals surface area contributed by atoms with E-state index < -0.39 is 0 Å². The number of para-hydroxylation sites is 1. The van der Waals surface area contributed by atoms with Crippen LogP contribution in [-0.4, -0.2) is 17.9 Å². The molecule has 0 fully saturated rings. The van der Waals surface area contributed by atoms with Gasteiger partial charge in [0.25, 0.3) is 5.91 Å². The van der Waals surface area contributed by atoms with Gasteiger partial charge in [-0.3, -0.25) is 4.79 Å². The normalized spacial score (nSPS) is 10.3. The van der Waals surface area contributed by atoms with Crippen LogP contribution in [0.4, 0.5) is 11.6 Å². The number of benzene rings is 1. The highest BCUT2D eigenvalue weighted by Gasteiger charge is 2.12. The molecule has 2 aromatic heterocycles. The predicted octanol–water partition coefficient (Wildman–Crippen LogP) is 3.49. The highest BCUT2D eigenvalue weighted by molar-refractivity contribution is 7.13. The average molecular weight is 354 g/mol. The number of aromatic nitrogens is 1. The summed E-state index contributed by atoms with van der Waals surface area (Å²) >= 11 is 1.48. The molecule has 2 heterocycles. The fourth-order valence-corrected chi connectivity index (χ4v) is 2.99. The van der Waals surface area contributed by atoms with Crippen LogP contribution in [0.5, 0.6) is 10.8 Å². The average Bonchev–Trinajstić information content (AvgIpc) is 3.07. The lowest BCUT2D eigenvalue weighted by atomic mass is 10.2. The number of ether oxygens (including phenoxy) is 1. The van der Waals surface area contributed by atoms with Gasteiger partial charge in [-0.05, 0) is 36.4 Å². The fraction of sp³-hybridized carbons (Fsp3) is 0.111. The van der Waals surface area contributed by atoms with Crippen LogP contribution < -0.4 is 21.1 Å². The van der Waals surface area contributed by atoms with Crippen LogP contribution in [0.1, 0.15) is 15.2 Å². The Kier molecular flexibility index (Phi) is 5.15. The highest BCUT2D eigenvalue weighted by Crippen LogP contribution is 2.29. The maximum absolute atomic E-state index is 12.3. The molecule has 0 bridgehead atoms. The number of anilines is 2. The van der Waals surface area contributed by atoms with Crippen molar-refractivity contribution in [3.63, 3.8) is 0 Å².